The molecule has 6 nitrogen and oxygen atoms in total. The molecule has 1 saturated heterocycles. The predicted octanol–water partition coefficient (Wildman–Crippen LogP) is 4.39. The van der Waals surface area contributed by atoms with E-state index in [1.54, 1.807) is 6.07 Å². The first kappa shape index (κ1) is 20.5. The number of hydrogen-bond donors (Lipinski definition) is 1. The molecule has 0 spiro atoms. The second kappa shape index (κ2) is 7.81. The molecule has 0 atom stereocenters. The average Bonchev–Trinajstić information content (AvgIpc) is 2.75. The number of aryl methyl sites for hydroxylation is 2. The quantitative estimate of drug-likeness (QED) is 0.671. The van der Waals surface area contributed by atoms with Crippen LogP contribution in [0.25, 0.3) is 22.2 Å². The molecule has 7 heteroatoms. The number of carbonyl (C=O) groups is 1. The number of carboxylic acids is 1. The number of hydrogen-bond acceptors (Lipinski definition) is 4. The van der Waals surface area contributed by atoms with E-state index in [-0.39, 0.29) is 10.5 Å². The minimum Gasteiger partial charge on any atom is -0.478 e. The summed E-state index contributed by atoms with van der Waals surface area (Å²) in [6.45, 7) is 5.00. The smallest absolute Gasteiger partial charge is 0.336 e. The SMILES string of the molecule is Cc1ccc(-c2cc(C(=O)O)c3cc(S(=O)(=O)N4CCCCC4)ccc3n2)cc1C. The van der Waals surface area contributed by atoms with Gasteiger partial charge in [0.25, 0.3) is 0 Å². The highest BCUT2D eigenvalue weighted by molar-refractivity contribution is 7.89. The molecule has 156 valence electrons. The summed E-state index contributed by atoms with van der Waals surface area (Å²) in [6, 6.07) is 12.0. The zero-order valence-electron chi connectivity index (χ0n) is 17.1. The van der Waals surface area contributed by atoms with E-state index in [0.29, 0.717) is 29.7 Å². The Hall–Kier alpha value is -2.77. The number of sulfonamides is 1. The summed E-state index contributed by atoms with van der Waals surface area (Å²) in [5.41, 5.74) is 4.12. The molecule has 1 fully saturated rings. The summed E-state index contributed by atoms with van der Waals surface area (Å²) in [6.07, 6.45) is 2.71. The van der Waals surface area contributed by atoms with Crippen molar-refractivity contribution in [2.45, 2.75) is 38.0 Å². The summed E-state index contributed by atoms with van der Waals surface area (Å²) >= 11 is 0. The molecule has 1 aromatic heterocycles. The van der Waals surface area contributed by atoms with E-state index in [2.05, 4.69) is 4.98 Å². The van der Waals surface area contributed by atoms with E-state index >= 15 is 0 Å². The fraction of sp³-hybridized carbons (Fsp3) is 0.304. The van der Waals surface area contributed by atoms with Gasteiger partial charge in [-0.25, -0.2) is 18.2 Å². The van der Waals surface area contributed by atoms with Crippen molar-refractivity contribution in [3.8, 4) is 11.3 Å². The summed E-state index contributed by atoms with van der Waals surface area (Å²) in [4.78, 5) is 16.7. The van der Waals surface area contributed by atoms with Crippen LogP contribution in [0.4, 0.5) is 0 Å². The maximum Gasteiger partial charge on any atom is 0.336 e. The average molecular weight is 425 g/mol. The maximum absolute atomic E-state index is 13.0. The van der Waals surface area contributed by atoms with Crippen LogP contribution in [-0.2, 0) is 10.0 Å². The highest BCUT2D eigenvalue weighted by Gasteiger charge is 2.27. The normalized spacial score (nSPS) is 15.4. The van der Waals surface area contributed by atoms with Gasteiger partial charge in [0.2, 0.25) is 10.0 Å². The van der Waals surface area contributed by atoms with Crippen molar-refractivity contribution in [1.29, 1.82) is 0 Å². The van der Waals surface area contributed by atoms with Gasteiger partial charge in [-0.1, -0.05) is 18.6 Å². The summed E-state index contributed by atoms with van der Waals surface area (Å²) in [5, 5.41) is 10.1. The molecule has 30 heavy (non-hydrogen) atoms. The van der Waals surface area contributed by atoms with Crippen LogP contribution in [-0.4, -0.2) is 41.9 Å². The number of benzene rings is 2. The van der Waals surface area contributed by atoms with Crippen LogP contribution in [0.1, 0.15) is 40.7 Å². The maximum atomic E-state index is 13.0. The lowest BCUT2D eigenvalue weighted by molar-refractivity contribution is 0.0699. The molecular formula is C23H24N2O4S. The molecule has 0 saturated carbocycles. The third-order valence-corrected chi connectivity index (χ3v) is 7.66. The fourth-order valence-corrected chi connectivity index (χ4v) is 5.39. The van der Waals surface area contributed by atoms with Gasteiger partial charge >= 0.3 is 5.97 Å². The van der Waals surface area contributed by atoms with Crippen LogP contribution < -0.4 is 0 Å². The van der Waals surface area contributed by atoms with Crippen molar-refractivity contribution in [3.05, 3.63) is 59.2 Å². The van der Waals surface area contributed by atoms with Crippen molar-refractivity contribution in [1.82, 2.24) is 9.29 Å². The van der Waals surface area contributed by atoms with Gasteiger partial charge in [0.15, 0.2) is 0 Å². The number of rotatable bonds is 4. The van der Waals surface area contributed by atoms with E-state index in [1.165, 1.54) is 22.5 Å². The standard InChI is InChI=1S/C23H24N2O4S/c1-15-6-7-17(12-16(15)2)22-14-20(23(26)27)19-13-18(8-9-21(19)24-22)30(28,29)25-10-4-3-5-11-25/h6-9,12-14H,3-5,10-11H2,1-2H3,(H,26,27). The Balaban J connectivity index is 1.85. The summed E-state index contributed by atoms with van der Waals surface area (Å²) in [7, 11) is -3.66. The Bertz CT molecular complexity index is 1250. The van der Waals surface area contributed by atoms with E-state index in [1.807, 2.05) is 32.0 Å². The molecule has 0 amide bonds. The number of aromatic carboxylic acids is 1. The molecule has 1 aliphatic rings. The Morgan fingerprint density at radius 1 is 0.967 bits per heavy atom. The first-order valence-corrected chi connectivity index (χ1v) is 11.5. The van der Waals surface area contributed by atoms with Gasteiger partial charge < -0.3 is 5.11 Å². The second-order valence-corrected chi connectivity index (χ2v) is 9.74. The molecule has 1 N–H and O–H groups in total. The van der Waals surface area contributed by atoms with E-state index in [4.69, 9.17) is 0 Å². The highest BCUT2D eigenvalue weighted by atomic mass is 32.2. The molecule has 4 rings (SSSR count). The lowest BCUT2D eigenvalue weighted by Crippen LogP contribution is -2.35. The molecule has 0 radical (unpaired) electrons. The van der Waals surface area contributed by atoms with Crippen molar-refractivity contribution in [3.63, 3.8) is 0 Å². The van der Waals surface area contributed by atoms with Gasteiger partial charge in [-0.15, -0.1) is 0 Å². The predicted molar refractivity (Wildman–Crippen MR) is 116 cm³/mol. The van der Waals surface area contributed by atoms with Crippen molar-refractivity contribution in [2.75, 3.05) is 13.1 Å². The lowest BCUT2D eigenvalue weighted by atomic mass is 10.0. The molecule has 2 aromatic carbocycles. The topological polar surface area (TPSA) is 87.6 Å². The Labute approximate surface area is 176 Å². The van der Waals surface area contributed by atoms with Gasteiger partial charge in [0, 0.05) is 24.0 Å². The van der Waals surface area contributed by atoms with Crippen LogP contribution in [0.2, 0.25) is 0 Å². The van der Waals surface area contributed by atoms with Crippen LogP contribution in [0.15, 0.2) is 47.4 Å². The molecule has 1 aliphatic heterocycles. The van der Waals surface area contributed by atoms with Crippen molar-refractivity contribution < 1.29 is 18.3 Å². The number of nitrogens with zero attached hydrogens (tertiary/aromatic N) is 2. The number of pyridine rings is 1. The van der Waals surface area contributed by atoms with Gasteiger partial charge in [0.1, 0.15) is 0 Å². The molecule has 0 aliphatic carbocycles. The van der Waals surface area contributed by atoms with E-state index in [9.17, 15) is 18.3 Å². The van der Waals surface area contributed by atoms with Crippen LogP contribution in [0.5, 0.6) is 0 Å². The molecule has 0 unspecified atom stereocenters. The van der Waals surface area contributed by atoms with Gasteiger partial charge in [-0.2, -0.15) is 4.31 Å². The minimum atomic E-state index is -3.66. The Morgan fingerprint density at radius 2 is 1.70 bits per heavy atom. The second-order valence-electron chi connectivity index (χ2n) is 7.80. The van der Waals surface area contributed by atoms with E-state index in [0.717, 1.165) is 36.0 Å². The third-order valence-electron chi connectivity index (χ3n) is 5.77. The molecular weight excluding hydrogens is 400 g/mol. The Kier molecular flexibility index (Phi) is 5.34. The summed E-state index contributed by atoms with van der Waals surface area (Å²) < 4.78 is 27.5. The molecule has 0 bridgehead atoms. The Morgan fingerprint density at radius 3 is 2.37 bits per heavy atom. The molecule has 2 heterocycles. The first-order chi connectivity index (χ1) is 14.3. The third kappa shape index (κ3) is 3.70. The summed E-state index contributed by atoms with van der Waals surface area (Å²) in [5.74, 6) is -1.11. The lowest BCUT2D eigenvalue weighted by Gasteiger charge is -2.26. The van der Waals surface area contributed by atoms with Crippen molar-refractivity contribution >= 4 is 26.9 Å². The van der Waals surface area contributed by atoms with Crippen LogP contribution >= 0.6 is 0 Å². The number of piperidine rings is 1. The fourth-order valence-electron chi connectivity index (χ4n) is 3.85. The van der Waals surface area contributed by atoms with Crippen LogP contribution in [0, 0.1) is 13.8 Å². The first-order valence-electron chi connectivity index (χ1n) is 10.0. The van der Waals surface area contributed by atoms with Crippen LogP contribution in [0.3, 0.4) is 0 Å². The largest absolute Gasteiger partial charge is 0.478 e. The zero-order valence-corrected chi connectivity index (χ0v) is 17.9. The number of fused-ring (bicyclic) bond motifs is 1. The van der Waals surface area contributed by atoms with Gasteiger partial charge in [-0.3, -0.25) is 0 Å². The highest BCUT2D eigenvalue weighted by Crippen LogP contribution is 2.29. The van der Waals surface area contributed by atoms with E-state index < -0.39 is 16.0 Å². The minimum absolute atomic E-state index is 0.0453. The van der Waals surface area contributed by atoms with Crippen molar-refractivity contribution in [2.24, 2.45) is 0 Å². The van der Waals surface area contributed by atoms with Gasteiger partial charge in [0.05, 0.1) is 21.7 Å². The zero-order chi connectivity index (χ0) is 21.5. The van der Waals surface area contributed by atoms with Gasteiger partial charge in [-0.05, 0) is 68.1 Å². The monoisotopic (exact) mass is 424 g/mol. The number of aromatic nitrogens is 1. The molecule has 3 aromatic rings. The number of carboxylic acid groups (broad SMARTS) is 1.